The Hall–Kier alpha value is -0.570. The molecule has 0 bridgehead atoms. The van der Waals surface area contributed by atoms with Crippen molar-refractivity contribution < 1.29 is 9.90 Å². The van der Waals surface area contributed by atoms with Gasteiger partial charge in [0.05, 0.1) is 0 Å². The number of carbonyl (C=O) groups excluding carboxylic acids is 1. The molecule has 0 aromatic rings. The highest BCUT2D eigenvalue weighted by Gasteiger charge is 2.47. The number of aliphatic hydroxyl groups excluding tert-OH is 1. The Morgan fingerprint density at radius 2 is 2.27 bits per heavy atom. The second-order valence-electron chi connectivity index (χ2n) is 3.57. The summed E-state index contributed by atoms with van der Waals surface area (Å²) in [5.74, 6) is 1.41. The van der Waals surface area contributed by atoms with E-state index >= 15 is 0 Å². The summed E-state index contributed by atoms with van der Waals surface area (Å²) in [6.45, 7) is -0.367. The predicted octanol–water partition coefficient (Wildman–Crippen LogP) is -0.107. The summed E-state index contributed by atoms with van der Waals surface area (Å²) in [6.07, 6.45) is 3.82. The average molecular weight is 155 g/mol. The standard InChI is InChI=1S/C8H13NO2/c10-4-8(11)9-7-3-6(7)5-1-2-5/h5-7,10H,1-4H2,(H,9,11)/t6-,7+/m0/s1. The average Bonchev–Trinajstić information content (AvgIpc) is 2.79. The zero-order chi connectivity index (χ0) is 7.84. The van der Waals surface area contributed by atoms with Crippen molar-refractivity contribution in [2.24, 2.45) is 11.8 Å². The number of amides is 1. The molecule has 2 aliphatic rings. The molecule has 3 nitrogen and oxygen atoms in total. The molecule has 2 saturated carbocycles. The molecule has 3 heteroatoms. The van der Waals surface area contributed by atoms with Crippen molar-refractivity contribution in [2.45, 2.75) is 25.3 Å². The van der Waals surface area contributed by atoms with Crippen LogP contribution in [0.25, 0.3) is 0 Å². The summed E-state index contributed by atoms with van der Waals surface area (Å²) in [5.41, 5.74) is 0. The minimum absolute atomic E-state index is 0.224. The van der Waals surface area contributed by atoms with Crippen LogP contribution in [0.2, 0.25) is 0 Å². The van der Waals surface area contributed by atoms with Gasteiger partial charge in [-0.2, -0.15) is 0 Å². The van der Waals surface area contributed by atoms with Crippen LogP contribution in [0.1, 0.15) is 19.3 Å². The highest BCUT2D eigenvalue weighted by molar-refractivity contribution is 5.77. The van der Waals surface area contributed by atoms with Gasteiger partial charge in [-0.15, -0.1) is 0 Å². The summed E-state index contributed by atoms with van der Waals surface area (Å²) in [7, 11) is 0. The van der Waals surface area contributed by atoms with Gasteiger partial charge in [0.1, 0.15) is 6.61 Å². The van der Waals surface area contributed by atoms with Gasteiger partial charge in [0, 0.05) is 6.04 Å². The van der Waals surface area contributed by atoms with Crippen LogP contribution in [-0.4, -0.2) is 23.7 Å². The van der Waals surface area contributed by atoms with Crippen LogP contribution in [0.3, 0.4) is 0 Å². The highest BCUT2D eigenvalue weighted by atomic mass is 16.3. The van der Waals surface area contributed by atoms with E-state index in [-0.39, 0.29) is 12.5 Å². The summed E-state index contributed by atoms with van der Waals surface area (Å²) < 4.78 is 0. The first kappa shape index (κ1) is 7.10. The van der Waals surface area contributed by atoms with Crippen molar-refractivity contribution in [1.29, 1.82) is 0 Å². The Bertz CT molecular complexity index is 177. The maximum Gasteiger partial charge on any atom is 0.245 e. The van der Waals surface area contributed by atoms with E-state index in [1.165, 1.54) is 12.8 Å². The minimum Gasteiger partial charge on any atom is -0.387 e. The first-order valence-electron chi connectivity index (χ1n) is 4.21. The van der Waals surface area contributed by atoms with Crippen LogP contribution < -0.4 is 5.32 Å². The number of carbonyl (C=O) groups is 1. The monoisotopic (exact) mass is 155 g/mol. The molecule has 11 heavy (non-hydrogen) atoms. The molecule has 0 spiro atoms. The summed E-state index contributed by atoms with van der Waals surface area (Å²) in [5, 5.41) is 11.2. The Labute approximate surface area is 65.8 Å². The van der Waals surface area contributed by atoms with Crippen molar-refractivity contribution in [3.8, 4) is 0 Å². The van der Waals surface area contributed by atoms with E-state index in [4.69, 9.17) is 5.11 Å². The lowest BCUT2D eigenvalue weighted by Crippen LogP contribution is -2.29. The molecule has 2 N–H and O–H groups in total. The quantitative estimate of drug-likeness (QED) is 0.597. The lowest BCUT2D eigenvalue weighted by molar-refractivity contribution is -0.124. The van der Waals surface area contributed by atoms with Gasteiger partial charge in [0.25, 0.3) is 0 Å². The summed E-state index contributed by atoms with van der Waals surface area (Å²) in [4.78, 5) is 10.7. The molecule has 0 aromatic carbocycles. The van der Waals surface area contributed by atoms with Crippen LogP contribution in [0.4, 0.5) is 0 Å². The molecular formula is C8H13NO2. The van der Waals surface area contributed by atoms with Crippen molar-refractivity contribution in [2.75, 3.05) is 6.61 Å². The van der Waals surface area contributed by atoms with Gasteiger partial charge in [-0.3, -0.25) is 4.79 Å². The van der Waals surface area contributed by atoms with Gasteiger partial charge in [0.15, 0.2) is 0 Å². The molecule has 2 aliphatic carbocycles. The zero-order valence-electron chi connectivity index (χ0n) is 6.42. The summed E-state index contributed by atoms with van der Waals surface area (Å²) in [6, 6.07) is 0.391. The van der Waals surface area contributed by atoms with Crippen molar-refractivity contribution in [3.05, 3.63) is 0 Å². The fraction of sp³-hybridized carbons (Fsp3) is 0.875. The van der Waals surface area contributed by atoms with E-state index in [9.17, 15) is 4.79 Å². The van der Waals surface area contributed by atoms with E-state index in [1.54, 1.807) is 0 Å². The minimum atomic E-state index is -0.367. The van der Waals surface area contributed by atoms with Gasteiger partial charge >= 0.3 is 0 Å². The van der Waals surface area contributed by atoms with Crippen LogP contribution in [0, 0.1) is 11.8 Å². The first-order valence-corrected chi connectivity index (χ1v) is 4.21. The third-order valence-corrected chi connectivity index (χ3v) is 2.56. The lowest BCUT2D eigenvalue weighted by atomic mass is 10.3. The van der Waals surface area contributed by atoms with E-state index in [0.717, 1.165) is 18.3 Å². The third-order valence-electron chi connectivity index (χ3n) is 2.56. The van der Waals surface area contributed by atoms with Gasteiger partial charge < -0.3 is 10.4 Å². The molecule has 2 atom stereocenters. The molecule has 0 aromatic heterocycles. The van der Waals surface area contributed by atoms with Crippen molar-refractivity contribution >= 4 is 5.91 Å². The van der Waals surface area contributed by atoms with Crippen LogP contribution in [-0.2, 0) is 4.79 Å². The molecule has 62 valence electrons. The number of nitrogens with one attached hydrogen (secondary N) is 1. The van der Waals surface area contributed by atoms with Crippen molar-refractivity contribution in [1.82, 2.24) is 5.32 Å². The Kier molecular flexibility index (Phi) is 1.60. The topological polar surface area (TPSA) is 49.3 Å². The fourth-order valence-corrected chi connectivity index (χ4v) is 1.68. The zero-order valence-corrected chi connectivity index (χ0v) is 6.42. The number of hydrogen-bond acceptors (Lipinski definition) is 2. The van der Waals surface area contributed by atoms with Gasteiger partial charge in [-0.25, -0.2) is 0 Å². The highest BCUT2D eigenvalue weighted by Crippen LogP contribution is 2.49. The summed E-state index contributed by atoms with van der Waals surface area (Å²) >= 11 is 0. The molecule has 2 fully saturated rings. The van der Waals surface area contributed by atoms with E-state index < -0.39 is 0 Å². The Morgan fingerprint density at radius 3 is 2.82 bits per heavy atom. The van der Waals surface area contributed by atoms with Crippen LogP contribution >= 0.6 is 0 Å². The molecule has 0 heterocycles. The molecule has 0 radical (unpaired) electrons. The predicted molar refractivity (Wildman–Crippen MR) is 39.8 cm³/mol. The Morgan fingerprint density at radius 1 is 1.55 bits per heavy atom. The second-order valence-corrected chi connectivity index (χ2v) is 3.57. The second kappa shape index (κ2) is 2.48. The SMILES string of the molecule is O=C(CO)N[C@@H]1C[C@H]1C1CC1. The maximum absolute atomic E-state index is 10.7. The molecule has 0 unspecified atom stereocenters. The fourth-order valence-electron chi connectivity index (χ4n) is 1.68. The van der Waals surface area contributed by atoms with Crippen LogP contribution in [0.15, 0.2) is 0 Å². The normalized spacial score (nSPS) is 35.0. The Balaban J connectivity index is 1.70. The van der Waals surface area contributed by atoms with E-state index in [0.29, 0.717) is 6.04 Å². The maximum atomic E-state index is 10.7. The number of aliphatic hydroxyl groups is 1. The molecule has 1 amide bonds. The molecular weight excluding hydrogens is 142 g/mol. The van der Waals surface area contributed by atoms with Gasteiger partial charge in [0.2, 0.25) is 5.91 Å². The van der Waals surface area contributed by atoms with Crippen LogP contribution in [0.5, 0.6) is 0 Å². The van der Waals surface area contributed by atoms with E-state index in [1.807, 2.05) is 0 Å². The number of rotatable bonds is 3. The molecule has 2 rings (SSSR count). The third kappa shape index (κ3) is 1.53. The van der Waals surface area contributed by atoms with Gasteiger partial charge in [-0.1, -0.05) is 0 Å². The lowest BCUT2D eigenvalue weighted by Gasteiger charge is -1.99. The van der Waals surface area contributed by atoms with Gasteiger partial charge in [-0.05, 0) is 31.1 Å². The molecule has 0 saturated heterocycles. The van der Waals surface area contributed by atoms with Crippen molar-refractivity contribution in [3.63, 3.8) is 0 Å². The van der Waals surface area contributed by atoms with E-state index in [2.05, 4.69) is 5.32 Å². The molecule has 0 aliphatic heterocycles. The largest absolute Gasteiger partial charge is 0.387 e. The smallest absolute Gasteiger partial charge is 0.245 e. The number of hydrogen-bond donors (Lipinski definition) is 2. The first-order chi connectivity index (χ1) is 5.31.